The molecular formula is C57H59CeCl3F6INO11S2-. The van der Waals surface area contributed by atoms with Gasteiger partial charge >= 0.3 is 47.6 Å². The van der Waals surface area contributed by atoms with E-state index in [9.17, 15) is 46.5 Å². The first-order valence-electron chi connectivity index (χ1n) is 25.3. The van der Waals surface area contributed by atoms with E-state index in [1.54, 1.807) is 44.7 Å². The molecule has 5 saturated heterocycles. The van der Waals surface area contributed by atoms with Crippen LogP contribution in [-0.4, -0.2) is 113 Å². The molecule has 0 saturated carbocycles. The number of thiophene rings is 2. The Kier molecular flexibility index (Phi) is 23.7. The molecule has 0 spiro atoms. The van der Waals surface area contributed by atoms with E-state index in [1.807, 2.05) is 37.3 Å². The van der Waals surface area contributed by atoms with E-state index in [0.717, 1.165) is 56.4 Å². The second-order valence-electron chi connectivity index (χ2n) is 20.3. The molecule has 11 rings (SSSR count). The van der Waals surface area contributed by atoms with Crippen molar-refractivity contribution >= 4 is 68.1 Å². The Morgan fingerprint density at radius 2 is 1.11 bits per heavy atom. The van der Waals surface area contributed by atoms with E-state index in [-0.39, 0.29) is 18.9 Å². The molecule has 25 heteroatoms. The SMILES string of the molecule is CC1(C)O[C@@H]2O[C@@H](C(=O)N3CCOCC3)[C@@H](O)[C@@H]2O1.Cc1ccc(C(O)[C@@H]2O[C@H]3OC(C)(C)O[C@H]3[C@@H]2O)cc1Cc1ccc(-c2cc(F)c(F)c(F)c2)s1.Cc1ccc(I)cc1Cc1ccc(-c2cc(F)c(F)c(F)c2)s1.[CH3-].[Cl][Ce]([Cl])[Cl]. The maximum atomic E-state index is 13.6. The normalized spacial score (nSPS) is 24.2. The quantitative estimate of drug-likeness (QED) is 0.0550. The Labute approximate surface area is 514 Å². The Morgan fingerprint density at radius 3 is 1.57 bits per heavy atom. The number of carbonyl (C=O) groups is 1. The van der Waals surface area contributed by atoms with E-state index in [1.165, 1.54) is 37.4 Å². The number of ether oxygens (including phenoxy) is 7. The van der Waals surface area contributed by atoms with E-state index in [4.69, 9.17) is 50.0 Å². The molecule has 1 unspecified atom stereocenters. The van der Waals surface area contributed by atoms with Crippen LogP contribution < -0.4 is 0 Å². The summed E-state index contributed by atoms with van der Waals surface area (Å²) in [6.45, 7) is 13.0. The summed E-state index contributed by atoms with van der Waals surface area (Å²) in [5.74, 6) is -9.59. The number of rotatable bonds is 9. The Balaban J connectivity index is 0.000000179. The third kappa shape index (κ3) is 16.7. The van der Waals surface area contributed by atoms with Crippen LogP contribution in [0, 0.1) is 90.4 Å². The molecule has 5 fully saturated rings. The molecule has 445 valence electrons. The van der Waals surface area contributed by atoms with Gasteiger partial charge in [-0.15, -0.1) is 22.7 Å². The summed E-state index contributed by atoms with van der Waals surface area (Å²) in [5.41, 5.74) is 20.6. The van der Waals surface area contributed by atoms with Gasteiger partial charge in [-0.1, -0.05) is 24.3 Å². The minimum absolute atomic E-state index is 0. The van der Waals surface area contributed by atoms with Crippen molar-refractivity contribution in [1.29, 1.82) is 0 Å². The zero-order chi connectivity index (χ0) is 58.8. The molecule has 12 nitrogen and oxygen atoms in total. The van der Waals surface area contributed by atoms with Crippen LogP contribution >= 0.6 is 62.1 Å². The Morgan fingerprint density at radius 1 is 0.671 bits per heavy atom. The number of benzene rings is 4. The molecule has 82 heavy (non-hydrogen) atoms. The summed E-state index contributed by atoms with van der Waals surface area (Å²) in [5, 5.41) is 31.9. The number of fused-ring (bicyclic) bond motifs is 2. The van der Waals surface area contributed by atoms with Gasteiger partial charge in [0, 0.05) is 49.0 Å². The monoisotopic (exact) mass is 1480 g/mol. The molecule has 0 radical (unpaired) electrons. The summed E-state index contributed by atoms with van der Waals surface area (Å²) in [6, 6.07) is 23.2. The number of morpholine rings is 1. The van der Waals surface area contributed by atoms with Crippen molar-refractivity contribution in [3.63, 3.8) is 0 Å². The number of carbonyl (C=O) groups excluding carboxylic acids is 1. The van der Waals surface area contributed by atoms with E-state index >= 15 is 0 Å². The molecule has 3 N–H and O–H groups in total. The van der Waals surface area contributed by atoms with Crippen LogP contribution in [-0.2, 0) is 50.8 Å². The molecule has 1 amide bonds. The standard InChI is InChI=1S/C26H25F3O5S.C18H12F3IS.C12H19NO6.CH3.Ce.3ClH/c1-12-4-5-13(21(30)23-22(31)24-25(32-23)34-26(2,3)33-24)8-14(12)9-16-6-7-19(35-16)15-10-17(27)20(29)18(28)11-15;1-10-2-3-13(22)6-11(10)7-14-4-5-17(23-14)12-8-15(19)18(21)16(20)9-12;1-12(2)18-9-7(14)8(17-11(9)19-12)10(15)13-3-5-16-6-4-13;;;;;/h4-8,10-11,21-25,30-31H,9H2,1-3H3;2-6,8-9H,7H2,1H3;7-9,11,14H,3-6H2,1-2H3;1H3;;3*1H/q;;;-1;+3;;;/p-3/t21?,22-,23+,24+,25+;;7-,8-,9+,11+;;;;;/m1.1...../s1. The summed E-state index contributed by atoms with van der Waals surface area (Å²) < 4.78 is 120. The van der Waals surface area contributed by atoms with Crippen LogP contribution in [0.2, 0.25) is 0 Å². The average Bonchev–Trinajstić information content (AvgIpc) is 4.41. The molecule has 7 heterocycles. The van der Waals surface area contributed by atoms with E-state index in [2.05, 4.69) is 47.7 Å². The molecule has 6 aromatic rings. The molecule has 4 aromatic carbocycles. The fourth-order valence-corrected chi connectivity index (χ4v) is 12.1. The van der Waals surface area contributed by atoms with Crippen LogP contribution in [0.25, 0.3) is 20.9 Å². The average molecular weight is 1490 g/mol. The fraction of sp³-hybridized carbons (Fsp3) is 0.404. The number of aliphatic hydroxyl groups excluding tert-OH is 3. The number of aliphatic hydroxyl groups is 3. The van der Waals surface area contributed by atoms with Crippen molar-refractivity contribution < 1.29 is 110 Å². The number of aryl methyl sites for hydroxylation is 2. The van der Waals surface area contributed by atoms with Crippen molar-refractivity contribution in [3.05, 3.63) is 168 Å². The molecule has 0 bridgehead atoms. The molecule has 2 aromatic heterocycles. The molecular weight excluding hydrogens is 1430 g/mol. The number of amides is 1. The summed E-state index contributed by atoms with van der Waals surface area (Å²) in [6.07, 6.45) is -6.42. The molecule has 9 atom stereocenters. The van der Waals surface area contributed by atoms with Crippen molar-refractivity contribution in [2.75, 3.05) is 26.3 Å². The maximum absolute atomic E-state index is 13.6. The third-order valence-electron chi connectivity index (χ3n) is 13.6. The predicted octanol–water partition coefficient (Wildman–Crippen LogP) is 12.9. The van der Waals surface area contributed by atoms with Gasteiger partial charge in [0.25, 0.3) is 5.91 Å². The predicted molar refractivity (Wildman–Crippen MR) is 306 cm³/mol. The Bertz CT molecular complexity index is 3150. The Hall–Kier alpha value is -2.09. The van der Waals surface area contributed by atoms with Crippen LogP contribution in [0.1, 0.15) is 71.4 Å². The van der Waals surface area contributed by atoms with Gasteiger partial charge in [0.05, 0.1) is 13.2 Å². The third-order valence-corrected chi connectivity index (χ3v) is 16.5. The molecule has 5 aliphatic heterocycles. The van der Waals surface area contributed by atoms with Gasteiger partial charge < -0.3 is 60.8 Å². The summed E-state index contributed by atoms with van der Waals surface area (Å²) >= 11 is 2.84. The van der Waals surface area contributed by atoms with Crippen molar-refractivity contribution in [2.24, 2.45) is 0 Å². The number of halogens is 10. The molecule has 0 aliphatic carbocycles. The van der Waals surface area contributed by atoms with Gasteiger partial charge in [0.15, 0.2) is 65.2 Å². The van der Waals surface area contributed by atoms with Gasteiger partial charge in [-0.3, -0.25) is 4.79 Å². The van der Waals surface area contributed by atoms with Gasteiger partial charge in [-0.05, 0) is 164 Å². The number of hydrogen-bond acceptors (Lipinski definition) is 13. The summed E-state index contributed by atoms with van der Waals surface area (Å²) in [7, 11) is 0. The first-order valence-corrected chi connectivity index (χ1v) is 39.8. The van der Waals surface area contributed by atoms with E-state index in [0.29, 0.717) is 48.7 Å². The minimum atomic E-state index is -2.24. The fourth-order valence-electron chi connectivity index (χ4n) is 9.55. The second-order valence-corrected chi connectivity index (χ2v) is 37.7. The van der Waals surface area contributed by atoms with Crippen molar-refractivity contribution in [2.45, 2.75) is 121 Å². The zero-order valence-electron chi connectivity index (χ0n) is 45.2. The van der Waals surface area contributed by atoms with Gasteiger partial charge in [0.2, 0.25) is 0 Å². The number of nitrogens with zero attached hydrogens (tertiary/aromatic N) is 1. The topological polar surface area (TPSA) is 146 Å². The van der Waals surface area contributed by atoms with Gasteiger partial charge in [-0.25, -0.2) is 26.3 Å². The van der Waals surface area contributed by atoms with Gasteiger partial charge in [-0.2, -0.15) is 0 Å². The van der Waals surface area contributed by atoms with Crippen LogP contribution in [0.3, 0.4) is 0 Å². The van der Waals surface area contributed by atoms with Crippen LogP contribution in [0.15, 0.2) is 84.9 Å². The van der Waals surface area contributed by atoms with Crippen molar-refractivity contribution in [1.82, 2.24) is 4.90 Å². The van der Waals surface area contributed by atoms with Crippen LogP contribution in [0.5, 0.6) is 0 Å². The zero-order valence-corrected chi connectivity index (χ0v) is 54.4. The van der Waals surface area contributed by atoms with Gasteiger partial charge in [0.1, 0.15) is 36.6 Å². The molecule has 5 aliphatic rings. The second kappa shape index (κ2) is 28.8. The number of hydrogen-bond donors (Lipinski definition) is 3. The van der Waals surface area contributed by atoms with E-state index < -0.39 is 132 Å². The first kappa shape index (κ1) is 67.4. The van der Waals surface area contributed by atoms with Crippen LogP contribution in [0.4, 0.5) is 26.3 Å². The van der Waals surface area contributed by atoms with Crippen molar-refractivity contribution in [3.8, 4) is 20.9 Å². The summed E-state index contributed by atoms with van der Waals surface area (Å²) in [4.78, 5) is 17.3. The first-order chi connectivity index (χ1) is 38.2.